The predicted octanol–water partition coefficient (Wildman–Crippen LogP) is 1.98. The summed E-state index contributed by atoms with van der Waals surface area (Å²) in [5.74, 6) is 0.317. The third-order valence-corrected chi connectivity index (χ3v) is 5.67. The van der Waals surface area contributed by atoms with E-state index in [4.69, 9.17) is 4.74 Å². The molecule has 1 aromatic rings. The van der Waals surface area contributed by atoms with Crippen LogP contribution in [0.2, 0.25) is 0 Å². The number of sulfonamides is 1. The summed E-state index contributed by atoms with van der Waals surface area (Å²) in [6, 6.07) is 5.05. The maximum atomic E-state index is 12.7. The highest BCUT2D eigenvalue weighted by Gasteiger charge is 2.36. The molecule has 1 aromatic carbocycles. The molecule has 0 saturated heterocycles. The normalized spacial score (nSPS) is 18.4. The lowest BCUT2D eigenvalue weighted by Crippen LogP contribution is -2.52. The van der Waals surface area contributed by atoms with E-state index in [1.165, 1.54) is 7.11 Å². The number of hydrogen-bond donors (Lipinski definition) is 2. The first-order valence-electron chi connectivity index (χ1n) is 7.22. The van der Waals surface area contributed by atoms with Crippen LogP contribution in [0.4, 0.5) is 0 Å². The van der Waals surface area contributed by atoms with E-state index in [-0.39, 0.29) is 11.5 Å². The molecule has 0 unspecified atom stereocenters. The summed E-state index contributed by atoms with van der Waals surface area (Å²) >= 11 is 0. The Bertz CT molecular complexity index is 592. The molecule has 1 saturated carbocycles. The second-order valence-electron chi connectivity index (χ2n) is 5.76. The van der Waals surface area contributed by atoms with E-state index >= 15 is 0 Å². The van der Waals surface area contributed by atoms with Crippen LogP contribution in [0.1, 0.15) is 37.7 Å². The Hall–Kier alpha value is -1.11. The fourth-order valence-corrected chi connectivity index (χ4v) is 4.56. The van der Waals surface area contributed by atoms with Crippen LogP contribution in [-0.2, 0) is 10.0 Å². The van der Waals surface area contributed by atoms with E-state index in [9.17, 15) is 13.5 Å². The minimum atomic E-state index is -3.73. The lowest BCUT2D eigenvalue weighted by atomic mass is 9.83. The first kappa shape index (κ1) is 16.3. The zero-order valence-corrected chi connectivity index (χ0v) is 13.4. The molecular formula is C15H23NO4S. The summed E-state index contributed by atoms with van der Waals surface area (Å²) < 4.78 is 33.3. The van der Waals surface area contributed by atoms with Gasteiger partial charge in [-0.05, 0) is 37.5 Å². The van der Waals surface area contributed by atoms with E-state index in [0.29, 0.717) is 18.6 Å². The third kappa shape index (κ3) is 3.56. The average molecular weight is 313 g/mol. The molecular weight excluding hydrogens is 290 g/mol. The van der Waals surface area contributed by atoms with Gasteiger partial charge in [0.15, 0.2) is 0 Å². The highest BCUT2D eigenvalue weighted by Crippen LogP contribution is 2.31. The standard InChI is InChI=1S/C15H23NO4S/c1-12-6-7-13(20-2)14(10-12)21(18,19)16-15(11-17)8-4-3-5-9-15/h6-7,10,16-17H,3-5,8-9,11H2,1-2H3. The highest BCUT2D eigenvalue weighted by molar-refractivity contribution is 7.89. The molecule has 1 aliphatic carbocycles. The van der Waals surface area contributed by atoms with Crippen LogP contribution >= 0.6 is 0 Å². The summed E-state index contributed by atoms with van der Waals surface area (Å²) in [6.07, 6.45) is 4.26. The summed E-state index contributed by atoms with van der Waals surface area (Å²) in [6.45, 7) is 1.65. The lowest BCUT2D eigenvalue weighted by molar-refractivity contribution is 0.142. The predicted molar refractivity (Wildman–Crippen MR) is 81.0 cm³/mol. The number of nitrogens with one attached hydrogen (secondary N) is 1. The molecule has 6 heteroatoms. The monoisotopic (exact) mass is 313 g/mol. The van der Waals surface area contributed by atoms with Crippen LogP contribution < -0.4 is 9.46 Å². The number of aliphatic hydroxyl groups is 1. The van der Waals surface area contributed by atoms with Crippen molar-refractivity contribution >= 4 is 10.0 Å². The summed E-state index contributed by atoms with van der Waals surface area (Å²) in [4.78, 5) is 0.128. The minimum Gasteiger partial charge on any atom is -0.495 e. The molecule has 0 aromatic heterocycles. The van der Waals surface area contributed by atoms with Crippen molar-refractivity contribution in [1.82, 2.24) is 4.72 Å². The lowest BCUT2D eigenvalue weighted by Gasteiger charge is -2.36. The van der Waals surface area contributed by atoms with Crippen molar-refractivity contribution < 1.29 is 18.3 Å². The largest absolute Gasteiger partial charge is 0.495 e. The Morgan fingerprint density at radius 1 is 1.29 bits per heavy atom. The quantitative estimate of drug-likeness (QED) is 0.871. The van der Waals surface area contributed by atoms with Gasteiger partial charge in [-0.1, -0.05) is 25.3 Å². The Labute approximate surface area is 126 Å². The number of hydrogen-bond acceptors (Lipinski definition) is 4. The van der Waals surface area contributed by atoms with Gasteiger partial charge in [0.2, 0.25) is 10.0 Å². The Kier molecular flexibility index (Phi) is 4.91. The van der Waals surface area contributed by atoms with Gasteiger partial charge in [0.1, 0.15) is 10.6 Å². The van der Waals surface area contributed by atoms with Crippen LogP contribution in [-0.4, -0.2) is 32.8 Å². The van der Waals surface area contributed by atoms with Gasteiger partial charge in [-0.3, -0.25) is 0 Å². The van der Waals surface area contributed by atoms with Crippen molar-refractivity contribution in [2.75, 3.05) is 13.7 Å². The summed E-state index contributed by atoms with van der Waals surface area (Å²) in [5, 5.41) is 9.67. The van der Waals surface area contributed by atoms with Crippen molar-refractivity contribution in [3.05, 3.63) is 23.8 Å². The van der Waals surface area contributed by atoms with Crippen LogP contribution in [0, 0.1) is 6.92 Å². The smallest absolute Gasteiger partial charge is 0.244 e. The molecule has 0 radical (unpaired) electrons. The Morgan fingerprint density at radius 3 is 2.52 bits per heavy atom. The molecule has 0 bridgehead atoms. The maximum absolute atomic E-state index is 12.7. The van der Waals surface area contributed by atoms with Gasteiger partial charge in [0.05, 0.1) is 19.3 Å². The molecule has 2 rings (SSSR count). The first-order chi connectivity index (χ1) is 9.92. The second kappa shape index (κ2) is 6.34. The van der Waals surface area contributed by atoms with Gasteiger partial charge in [0.25, 0.3) is 0 Å². The van der Waals surface area contributed by atoms with Crippen molar-refractivity contribution in [3.8, 4) is 5.75 Å². The van der Waals surface area contributed by atoms with Gasteiger partial charge in [-0.15, -0.1) is 0 Å². The second-order valence-corrected chi connectivity index (χ2v) is 7.41. The van der Waals surface area contributed by atoms with Crippen LogP contribution in [0.5, 0.6) is 5.75 Å². The zero-order valence-electron chi connectivity index (χ0n) is 12.6. The molecule has 0 atom stereocenters. The molecule has 0 heterocycles. The van der Waals surface area contributed by atoms with Crippen LogP contribution in [0.15, 0.2) is 23.1 Å². The number of rotatable bonds is 5. The topological polar surface area (TPSA) is 75.6 Å². The average Bonchev–Trinajstić information content (AvgIpc) is 2.47. The number of methoxy groups -OCH3 is 1. The first-order valence-corrected chi connectivity index (χ1v) is 8.70. The van der Waals surface area contributed by atoms with E-state index in [1.54, 1.807) is 18.2 Å². The molecule has 2 N–H and O–H groups in total. The molecule has 0 spiro atoms. The van der Waals surface area contributed by atoms with Crippen molar-refractivity contribution in [3.63, 3.8) is 0 Å². The number of aliphatic hydroxyl groups excluding tert-OH is 1. The molecule has 118 valence electrons. The summed E-state index contributed by atoms with van der Waals surface area (Å²) in [7, 11) is -2.28. The van der Waals surface area contributed by atoms with Crippen LogP contribution in [0.3, 0.4) is 0 Å². The van der Waals surface area contributed by atoms with E-state index in [2.05, 4.69) is 4.72 Å². The fraction of sp³-hybridized carbons (Fsp3) is 0.600. The molecule has 21 heavy (non-hydrogen) atoms. The van der Waals surface area contributed by atoms with E-state index in [0.717, 1.165) is 24.8 Å². The molecule has 0 aliphatic heterocycles. The van der Waals surface area contributed by atoms with E-state index in [1.807, 2.05) is 6.92 Å². The summed E-state index contributed by atoms with van der Waals surface area (Å²) in [5.41, 5.74) is 0.101. The van der Waals surface area contributed by atoms with Gasteiger partial charge in [0, 0.05) is 0 Å². The minimum absolute atomic E-state index is 0.128. The van der Waals surface area contributed by atoms with Gasteiger partial charge in [-0.2, -0.15) is 0 Å². The highest BCUT2D eigenvalue weighted by atomic mass is 32.2. The van der Waals surface area contributed by atoms with Gasteiger partial charge < -0.3 is 9.84 Å². The third-order valence-electron chi connectivity index (χ3n) is 4.07. The Morgan fingerprint density at radius 2 is 1.95 bits per heavy atom. The van der Waals surface area contributed by atoms with Crippen molar-refractivity contribution in [1.29, 1.82) is 0 Å². The number of aryl methyl sites for hydroxylation is 1. The molecule has 1 aliphatic rings. The Balaban J connectivity index is 2.35. The van der Waals surface area contributed by atoms with Crippen molar-refractivity contribution in [2.45, 2.75) is 49.5 Å². The molecule has 0 amide bonds. The maximum Gasteiger partial charge on any atom is 0.244 e. The van der Waals surface area contributed by atoms with Crippen molar-refractivity contribution in [2.24, 2.45) is 0 Å². The van der Waals surface area contributed by atoms with Gasteiger partial charge >= 0.3 is 0 Å². The molecule has 5 nitrogen and oxygen atoms in total. The number of ether oxygens (including phenoxy) is 1. The fourth-order valence-electron chi connectivity index (χ4n) is 2.85. The molecule has 1 fully saturated rings. The number of benzene rings is 1. The SMILES string of the molecule is COc1ccc(C)cc1S(=O)(=O)NC1(CO)CCCCC1. The van der Waals surface area contributed by atoms with Crippen LogP contribution in [0.25, 0.3) is 0 Å². The van der Waals surface area contributed by atoms with Gasteiger partial charge in [-0.25, -0.2) is 13.1 Å². The zero-order chi connectivity index (χ0) is 15.5. The van der Waals surface area contributed by atoms with E-state index < -0.39 is 15.6 Å².